The number of nitrogen functional groups attached to an aromatic ring is 1. The Balaban J connectivity index is 2.06. The molecule has 5 nitrogen and oxygen atoms in total. The largest absolute Gasteiger partial charge is 0.396 e. The summed E-state index contributed by atoms with van der Waals surface area (Å²) in [6.07, 6.45) is 2.38. The molecule has 0 saturated heterocycles. The molecular formula is C13H16FN5. The summed E-state index contributed by atoms with van der Waals surface area (Å²) in [6, 6.07) is 4.56. The SMILES string of the molecule is CC(C)(C1CC1)n1nnnc1-c1ccc(F)c(N)c1. The average molecular weight is 261 g/mol. The van der Waals surface area contributed by atoms with Gasteiger partial charge in [-0.2, -0.15) is 0 Å². The van der Waals surface area contributed by atoms with Gasteiger partial charge in [0.2, 0.25) is 0 Å². The molecular weight excluding hydrogens is 245 g/mol. The molecule has 1 fully saturated rings. The number of aromatic nitrogens is 4. The van der Waals surface area contributed by atoms with E-state index in [0.29, 0.717) is 11.7 Å². The highest BCUT2D eigenvalue weighted by atomic mass is 19.1. The highest BCUT2D eigenvalue weighted by molar-refractivity contribution is 5.61. The Morgan fingerprint density at radius 3 is 2.74 bits per heavy atom. The molecule has 2 N–H and O–H groups in total. The number of halogens is 1. The van der Waals surface area contributed by atoms with Crippen molar-refractivity contribution in [2.24, 2.45) is 5.92 Å². The lowest BCUT2D eigenvalue weighted by molar-refractivity contribution is 0.271. The molecule has 0 amide bonds. The van der Waals surface area contributed by atoms with Crippen molar-refractivity contribution >= 4 is 5.69 Å². The zero-order valence-corrected chi connectivity index (χ0v) is 11.0. The van der Waals surface area contributed by atoms with Gasteiger partial charge in [0.1, 0.15) is 5.82 Å². The van der Waals surface area contributed by atoms with E-state index in [-0.39, 0.29) is 11.2 Å². The van der Waals surface area contributed by atoms with Crippen molar-refractivity contribution in [1.82, 2.24) is 20.2 Å². The van der Waals surface area contributed by atoms with E-state index in [9.17, 15) is 4.39 Å². The maximum Gasteiger partial charge on any atom is 0.182 e. The first-order valence-corrected chi connectivity index (χ1v) is 6.34. The fourth-order valence-electron chi connectivity index (χ4n) is 2.40. The van der Waals surface area contributed by atoms with Crippen molar-refractivity contribution in [3.63, 3.8) is 0 Å². The molecule has 19 heavy (non-hydrogen) atoms. The van der Waals surface area contributed by atoms with Gasteiger partial charge in [-0.1, -0.05) is 0 Å². The molecule has 1 aromatic carbocycles. The maximum absolute atomic E-state index is 13.2. The third-order valence-corrected chi connectivity index (χ3v) is 3.85. The average Bonchev–Trinajstić information content (AvgIpc) is 3.11. The molecule has 0 bridgehead atoms. The molecule has 2 aromatic rings. The maximum atomic E-state index is 13.2. The standard InChI is InChI=1S/C13H16FN5/c1-13(2,9-4-5-9)19-12(16-17-18-19)8-3-6-10(14)11(15)7-8/h3,6-7,9H,4-5,15H2,1-2H3. The van der Waals surface area contributed by atoms with Gasteiger partial charge in [0.25, 0.3) is 0 Å². The van der Waals surface area contributed by atoms with Crippen LogP contribution in [0.25, 0.3) is 11.4 Å². The summed E-state index contributed by atoms with van der Waals surface area (Å²) in [5, 5.41) is 11.9. The van der Waals surface area contributed by atoms with Crippen molar-refractivity contribution in [3.8, 4) is 11.4 Å². The molecule has 0 aliphatic heterocycles. The van der Waals surface area contributed by atoms with E-state index >= 15 is 0 Å². The summed E-state index contributed by atoms with van der Waals surface area (Å²) in [4.78, 5) is 0. The van der Waals surface area contributed by atoms with Crippen LogP contribution in [-0.2, 0) is 5.54 Å². The van der Waals surface area contributed by atoms with E-state index in [1.165, 1.54) is 18.9 Å². The summed E-state index contributed by atoms with van der Waals surface area (Å²) >= 11 is 0. The second kappa shape index (κ2) is 4.01. The summed E-state index contributed by atoms with van der Waals surface area (Å²) in [7, 11) is 0. The van der Waals surface area contributed by atoms with Crippen molar-refractivity contribution in [2.45, 2.75) is 32.2 Å². The van der Waals surface area contributed by atoms with E-state index in [4.69, 9.17) is 5.73 Å². The number of hydrogen-bond donors (Lipinski definition) is 1. The first kappa shape index (κ1) is 12.1. The van der Waals surface area contributed by atoms with Crippen LogP contribution in [0.2, 0.25) is 0 Å². The normalized spacial score (nSPS) is 15.7. The van der Waals surface area contributed by atoms with Crippen LogP contribution in [0.3, 0.4) is 0 Å². The first-order valence-electron chi connectivity index (χ1n) is 6.34. The van der Waals surface area contributed by atoms with Crippen LogP contribution in [0.4, 0.5) is 10.1 Å². The van der Waals surface area contributed by atoms with Crippen LogP contribution in [0.5, 0.6) is 0 Å². The van der Waals surface area contributed by atoms with Crippen LogP contribution >= 0.6 is 0 Å². The molecule has 0 spiro atoms. The third-order valence-electron chi connectivity index (χ3n) is 3.85. The predicted octanol–water partition coefficient (Wildman–Crippen LogP) is 2.21. The Labute approximate surface area is 110 Å². The number of nitrogens with two attached hydrogens (primary N) is 1. The van der Waals surface area contributed by atoms with E-state index in [2.05, 4.69) is 29.4 Å². The summed E-state index contributed by atoms with van der Waals surface area (Å²) < 4.78 is 15.0. The highest BCUT2D eigenvalue weighted by Crippen LogP contribution is 2.44. The molecule has 6 heteroatoms. The van der Waals surface area contributed by atoms with Gasteiger partial charge in [0, 0.05) is 5.56 Å². The minimum atomic E-state index is -0.427. The van der Waals surface area contributed by atoms with Gasteiger partial charge in [-0.05, 0) is 61.2 Å². The number of nitrogens with zero attached hydrogens (tertiary/aromatic N) is 4. The molecule has 0 atom stereocenters. The number of tetrazole rings is 1. The summed E-state index contributed by atoms with van der Waals surface area (Å²) in [5.74, 6) is 0.792. The van der Waals surface area contributed by atoms with E-state index in [1.807, 2.05) is 4.68 Å². The van der Waals surface area contributed by atoms with Crippen LogP contribution < -0.4 is 5.73 Å². The summed E-state index contributed by atoms with van der Waals surface area (Å²) in [6.45, 7) is 4.24. The smallest absolute Gasteiger partial charge is 0.182 e. The second-order valence-corrected chi connectivity index (χ2v) is 5.58. The lowest BCUT2D eigenvalue weighted by atomic mass is 9.98. The Morgan fingerprint density at radius 2 is 2.11 bits per heavy atom. The van der Waals surface area contributed by atoms with Crippen molar-refractivity contribution in [3.05, 3.63) is 24.0 Å². The Morgan fingerprint density at radius 1 is 1.37 bits per heavy atom. The van der Waals surface area contributed by atoms with E-state index in [0.717, 1.165) is 5.56 Å². The Bertz CT molecular complexity index is 615. The lowest BCUT2D eigenvalue weighted by Gasteiger charge is -2.25. The zero-order valence-electron chi connectivity index (χ0n) is 11.0. The van der Waals surface area contributed by atoms with Crippen molar-refractivity contribution in [1.29, 1.82) is 0 Å². The van der Waals surface area contributed by atoms with Crippen LogP contribution in [-0.4, -0.2) is 20.2 Å². The molecule has 1 aliphatic rings. The van der Waals surface area contributed by atoms with Crippen LogP contribution in [0.1, 0.15) is 26.7 Å². The van der Waals surface area contributed by atoms with Gasteiger partial charge >= 0.3 is 0 Å². The van der Waals surface area contributed by atoms with Crippen LogP contribution in [0.15, 0.2) is 18.2 Å². The van der Waals surface area contributed by atoms with E-state index < -0.39 is 5.82 Å². The fraction of sp³-hybridized carbons (Fsp3) is 0.462. The zero-order chi connectivity index (χ0) is 13.6. The molecule has 0 radical (unpaired) electrons. The minimum Gasteiger partial charge on any atom is -0.396 e. The first-order chi connectivity index (χ1) is 9.00. The fourth-order valence-corrected chi connectivity index (χ4v) is 2.40. The highest BCUT2D eigenvalue weighted by Gasteiger charge is 2.41. The van der Waals surface area contributed by atoms with Crippen molar-refractivity contribution < 1.29 is 4.39 Å². The second-order valence-electron chi connectivity index (χ2n) is 5.58. The van der Waals surface area contributed by atoms with Gasteiger partial charge in [-0.3, -0.25) is 0 Å². The minimum absolute atomic E-state index is 0.108. The number of anilines is 1. The van der Waals surface area contributed by atoms with Crippen molar-refractivity contribution in [2.75, 3.05) is 5.73 Å². The number of benzene rings is 1. The Kier molecular flexibility index (Phi) is 2.55. The van der Waals surface area contributed by atoms with Crippen LogP contribution in [0, 0.1) is 11.7 Å². The van der Waals surface area contributed by atoms with Gasteiger partial charge in [0.15, 0.2) is 5.82 Å². The van der Waals surface area contributed by atoms with Gasteiger partial charge < -0.3 is 5.73 Å². The predicted molar refractivity (Wildman–Crippen MR) is 69.7 cm³/mol. The molecule has 1 heterocycles. The molecule has 1 saturated carbocycles. The monoisotopic (exact) mass is 261 g/mol. The molecule has 1 aliphatic carbocycles. The van der Waals surface area contributed by atoms with Gasteiger partial charge in [0.05, 0.1) is 11.2 Å². The van der Waals surface area contributed by atoms with Gasteiger partial charge in [-0.25, -0.2) is 9.07 Å². The summed E-state index contributed by atoms with van der Waals surface area (Å²) in [5.41, 5.74) is 6.31. The third kappa shape index (κ3) is 1.97. The molecule has 1 aromatic heterocycles. The van der Waals surface area contributed by atoms with Gasteiger partial charge in [-0.15, -0.1) is 5.10 Å². The number of hydrogen-bond acceptors (Lipinski definition) is 4. The number of rotatable bonds is 3. The Hall–Kier alpha value is -1.98. The molecule has 3 rings (SSSR count). The quantitative estimate of drug-likeness (QED) is 0.860. The molecule has 100 valence electrons. The lowest BCUT2D eigenvalue weighted by Crippen LogP contribution is -2.30. The molecule has 0 unspecified atom stereocenters. The van der Waals surface area contributed by atoms with E-state index in [1.54, 1.807) is 12.1 Å². The topological polar surface area (TPSA) is 69.6 Å².